The van der Waals surface area contributed by atoms with Crippen LogP contribution >= 0.6 is 0 Å². The number of aromatic nitrogens is 4. The summed E-state index contributed by atoms with van der Waals surface area (Å²) in [5, 5.41) is 5.69. The molecule has 0 amide bonds. The van der Waals surface area contributed by atoms with Gasteiger partial charge >= 0.3 is 6.18 Å². The molecule has 9 heteroatoms. The van der Waals surface area contributed by atoms with Gasteiger partial charge in [-0.25, -0.2) is 4.98 Å². The largest absolute Gasteiger partial charge is 0.418 e. The minimum absolute atomic E-state index is 0.00137. The summed E-state index contributed by atoms with van der Waals surface area (Å²) in [5.74, 6) is 0.760. The van der Waals surface area contributed by atoms with Crippen LogP contribution in [0.5, 0.6) is 0 Å². The van der Waals surface area contributed by atoms with Crippen molar-refractivity contribution in [2.24, 2.45) is 0 Å². The van der Waals surface area contributed by atoms with Crippen LogP contribution in [0.3, 0.4) is 0 Å². The van der Waals surface area contributed by atoms with Crippen molar-refractivity contribution < 1.29 is 13.2 Å². The van der Waals surface area contributed by atoms with E-state index in [9.17, 15) is 18.0 Å². The van der Waals surface area contributed by atoms with Gasteiger partial charge in [-0.3, -0.25) is 9.89 Å². The molecule has 0 atom stereocenters. The van der Waals surface area contributed by atoms with Crippen LogP contribution in [-0.2, 0) is 6.54 Å². The van der Waals surface area contributed by atoms with Gasteiger partial charge in [0.05, 0.1) is 17.8 Å². The maximum Gasteiger partial charge on any atom is 0.418 e. The highest BCUT2D eigenvalue weighted by atomic mass is 19.4. The maximum atomic E-state index is 13.1. The summed E-state index contributed by atoms with van der Waals surface area (Å²) in [7, 11) is 0. The Labute approximate surface area is 158 Å². The number of nitrogens with one attached hydrogen (secondary N) is 2. The third-order valence-corrected chi connectivity index (χ3v) is 4.62. The molecule has 146 valence electrons. The molecule has 2 aliphatic carbocycles. The molecule has 2 N–H and O–H groups in total. The second-order valence-electron chi connectivity index (χ2n) is 6.62. The summed E-state index contributed by atoms with van der Waals surface area (Å²) in [6.07, 6.45) is 6.76. The Morgan fingerprint density at radius 3 is 2.75 bits per heavy atom. The first kappa shape index (κ1) is 18.3. The fraction of sp³-hybridized carbons (Fsp3) is 0.316. The van der Waals surface area contributed by atoms with Crippen molar-refractivity contribution in [3.8, 4) is 0 Å². The van der Waals surface area contributed by atoms with E-state index in [0.717, 1.165) is 18.4 Å². The minimum Gasteiger partial charge on any atom is -0.379 e. The molecule has 0 saturated heterocycles. The summed E-state index contributed by atoms with van der Waals surface area (Å²) in [6, 6.07) is 1.29. The van der Waals surface area contributed by atoms with Gasteiger partial charge in [0.2, 0.25) is 0 Å². The number of nitrogens with zero attached hydrogens (tertiary/aromatic N) is 3. The highest BCUT2D eigenvalue weighted by Crippen LogP contribution is 2.33. The smallest absolute Gasteiger partial charge is 0.379 e. The van der Waals surface area contributed by atoms with Crippen LogP contribution < -0.4 is 10.9 Å². The van der Waals surface area contributed by atoms with E-state index in [-0.39, 0.29) is 23.6 Å². The third kappa shape index (κ3) is 3.64. The molecule has 0 aromatic carbocycles. The van der Waals surface area contributed by atoms with Crippen molar-refractivity contribution in [2.75, 3.05) is 0 Å². The first-order valence-electron chi connectivity index (χ1n) is 8.98. The van der Waals surface area contributed by atoms with Crippen molar-refractivity contribution in [2.45, 2.75) is 38.4 Å². The lowest BCUT2D eigenvalue weighted by Gasteiger charge is -2.20. The topological polar surface area (TPSA) is 75.1 Å². The highest BCUT2D eigenvalue weighted by molar-refractivity contribution is 5.64. The summed E-state index contributed by atoms with van der Waals surface area (Å²) in [5.41, 5.74) is 0.267. The molecule has 2 aliphatic rings. The van der Waals surface area contributed by atoms with Crippen molar-refractivity contribution in [1.82, 2.24) is 24.9 Å². The predicted octanol–water partition coefficient (Wildman–Crippen LogP) is 3.41. The minimum atomic E-state index is -4.42. The Balaban J connectivity index is 1.57. The Kier molecular flexibility index (Phi) is 4.66. The van der Waals surface area contributed by atoms with Crippen LogP contribution in [0.25, 0.3) is 11.4 Å². The molecule has 0 fully saturated rings. The number of hydrogen-bond donors (Lipinski definition) is 2. The van der Waals surface area contributed by atoms with Gasteiger partial charge in [-0.05, 0) is 31.3 Å². The Bertz CT molecular complexity index is 1090. The summed E-state index contributed by atoms with van der Waals surface area (Å²) >= 11 is 0. The number of halogens is 3. The molecule has 0 unspecified atom stereocenters. The zero-order valence-electron chi connectivity index (χ0n) is 14.9. The molecule has 0 spiro atoms. The van der Waals surface area contributed by atoms with Crippen molar-refractivity contribution in [1.29, 1.82) is 0 Å². The van der Waals surface area contributed by atoms with Gasteiger partial charge in [0, 0.05) is 11.8 Å². The van der Waals surface area contributed by atoms with Gasteiger partial charge in [0.15, 0.2) is 5.82 Å². The third-order valence-electron chi connectivity index (χ3n) is 4.62. The lowest BCUT2D eigenvalue weighted by Crippen LogP contribution is -2.26. The Morgan fingerprint density at radius 2 is 2.00 bits per heavy atom. The number of allylic oxidation sites excluding steroid dienone is 7. The Hall–Kier alpha value is -3.10. The molecule has 28 heavy (non-hydrogen) atoms. The maximum absolute atomic E-state index is 13.1. The highest BCUT2D eigenvalue weighted by Gasteiger charge is 2.36. The van der Waals surface area contributed by atoms with E-state index < -0.39 is 11.7 Å². The van der Waals surface area contributed by atoms with Crippen molar-refractivity contribution in [3.63, 3.8) is 0 Å². The monoisotopic (exact) mass is 389 g/mol. The first-order valence-corrected chi connectivity index (χ1v) is 8.98. The van der Waals surface area contributed by atoms with Crippen LogP contribution in [0, 0.1) is 0 Å². The van der Waals surface area contributed by atoms with Crippen LogP contribution in [0.1, 0.15) is 37.2 Å². The molecular formula is C19H18F3N5O. The fourth-order valence-corrected chi connectivity index (χ4v) is 3.26. The zero-order chi connectivity index (χ0) is 19.7. The van der Waals surface area contributed by atoms with Gasteiger partial charge in [-0.2, -0.15) is 22.7 Å². The predicted molar refractivity (Wildman–Crippen MR) is 98.3 cm³/mol. The number of rotatable bonds is 4. The second kappa shape index (κ2) is 7.14. The van der Waals surface area contributed by atoms with E-state index in [4.69, 9.17) is 0 Å². The molecule has 0 aliphatic heterocycles. The van der Waals surface area contributed by atoms with Crippen LogP contribution in [0.2, 0.25) is 0 Å². The van der Waals surface area contributed by atoms with Crippen molar-refractivity contribution >= 4 is 11.4 Å². The van der Waals surface area contributed by atoms with Crippen LogP contribution in [0.4, 0.5) is 13.2 Å². The van der Waals surface area contributed by atoms with E-state index in [2.05, 4.69) is 20.4 Å². The quantitative estimate of drug-likeness (QED) is 0.841. The summed E-state index contributed by atoms with van der Waals surface area (Å²) in [4.78, 5) is 21.0. The van der Waals surface area contributed by atoms with E-state index in [1.807, 2.05) is 18.2 Å². The van der Waals surface area contributed by atoms with Crippen LogP contribution in [-0.4, -0.2) is 25.8 Å². The number of fused-ring (bicyclic) bond motifs is 1. The van der Waals surface area contributed by atoms with Gasteiger partial charge in [0.1, 0.15) is 0 Å². The van der Waals surface area contributed by atoms with Crippen LogP contribution in [0.15, 0.2) is 52.5 Å². The van der Waals surface area contributed by atoms with E-state index in [1.165, 1.54) is 22.7 Å². The van der Waals surface area contributed by atoms with Crippen molar-refractivity contribution in [3.05, 3.63) is 69.6 Å². The van der Waals surface area contributed by atoms with Gasteiger partial charge in [-0.15, -0.1) is 0 Å². The normalized spacial score (nSPS) is 17.3. The van der Waals surface area contributed by atoms with E-state index in [0.29, 0.717) is 24.4 Å². The fourth-order valence-electron chi connectivity index (χ4n) is 3.26. The number of alkyl halides is 3. The van der Waals surface area contributed by atoms with Gasteiger partial charge in [0.25, 0.3) is 11.3 Å². The standard InChI is InChI=1S/C19H18F3N5O/c20-19(21,22)14-8-4-5-9-15(14)23-11-13-10-16(28)27-18(24-13)25-17(26-27)12-6-2-1-3-7-12/h1-2,6,8-10,23H,3-5,7,11H2,(H,24,25,26). The molecule has 2 heterocycles. The summed E-state index contributed by atoms with van der Waals surface area (Å²) in [6.45, 7) is -0.00137. The molecular weight excluding hydrogens is 371 g/mol. The average molecular weight is 389 g/mol. The van der Waals surface area contributed by atoms with Gasteiger partial charge in [-0.1, -0.05) is 30.4 Å². The molecule has 0 bridgehead atoms. The molecule has 2 aromatic rings. The lowest BCUT2D eigenvalue weighted by atomic mass is 10.0. The SMILES string of the molecule is O=c1cc(CNC2=CCCC=C2C(F)(F)F)nc2nc(C3=CC=CCC3)[nH]n12. The molecule has 0 radical (unpaired) electrons. The molecule has 4 rings (SSSR count). The van der Waals surface area contributed by atoms with Gasteiger partial charge < -0.3 is 5.32 Å². The molecule has 6 nitrogen and oxygen atoms in total. The zero-order valence-corrected chi connectivity index (χ0v) is 14.9. The number of H-pyrrole nitrogens is 1. The number of aromatic amines is 1. The lowest BCUT2D eigenvalue weighted by molar-refractivity contribution is -0.0903. The Morgan fingerprint density at radius 1 is 1.18 bits per heavy atom. The number of hydrogen-bond acceptors (Lipinski definition) is 4. The van der Waals surface area contributed by atoms with E-state index in [1.54, 1.807) is 0 Å². The van der Waals surface area contributed by atoms with E-state index >= 15 is 0 Å². The first-order chi connectivity index (χ1) is 13.4. The average Bonchev–Trinajstić information content (AvgIpc) is 3.11. The second-order valence-corrected chi connectivity index (χ2v) is 6.62. The molecule has 2 aromatic heterocycles. The summed E-state index contributed by atoms with van der Waals surface area (Å²) < 4.78 is 40.6. The molecule has 0 saturated carbocycles.